The van der Waals surface area contributed by atoms with Crippen molar-refractivity contribution >= 4 is 17.5 Å². The van der Waals surface area contributed by atoms with E-state index in [0.29, 0.717) is 34.2 Å². The predicted octanol–water partition coefficient (Wildman–Crippen LogP) is 4.91. The van der Waals surface area contributed by atoms with Crippen LogP contribution in [0.15, 0.2) is 89.3 Å². The van der Waals surface area contributed by atoms with E-state index in [0.717, 1.165) is 5.56 Å². The first kappa shape index (κ1) is 22.9. The van der Waals surface area contributed by atoms with Gasteiger partial charge in [0, 0.05) is 12.7 Å². The van der Waals surface area contributed by atoms with Gasteiger partial charge in [-0.25, -0.2) is 4.98 Å². The first-order valence-electron chi connectivity index (χ1n) is 10.8. The summed E-state index contributed by atoms with van der Waals surface area (Å²) in [4.78, 5) is 29.9. The predicted molar refractivity (Wildman–Crippen MR) is 129 cm³/mol. The highest BCUT2D eigenvalue weighted by atomic mass is 16.5. The number of carbonyl (C=O) groups is 2. The zero-order chi connectivity index (χ0) is 23.9. The number of nitrogens with zero attached hydrogens (tertiary/aromatic N) is 1. The van der Waals surface area contributed by atoms with E-state index in [1.54, 1.807) is 25.1 Å². The number of ether oxygens (including phenoxy) is 1. The van der Waals surface area contributed by atoms with Crippen molar-refractivity contribution in [1.82, 2.24) is 10.3 Å². The molecule has 0 aliphatic heterocycles. The molecule has 4 aromatic rings. The van der Waals surface area contributed by atoms with Crippen LogP contribution in [-0.2, 0) is 16.1 Å². The van der Waals surface area contributed by atoms with Crippen LogP contribution in [0.2, 0.25) is 0 Å². The number of nitrogens with one attached hydrogen (secondary N) is 2. The Balaban J connectivity index is 1.49. The summed E-state index contributed by atoms with van der Waals surface area (Å²) >= 11 is 0. The molecule has 7 heteroatoms. The molecule has 1 aromatic heterocycles. The number of methoxy groups -OCH3 is 1. The summed E-state index contributed by atoms with van der Waals surface area (Å²) in [5.74, 6) is 0.439. The van der Waals surface area contributed by atoms with Gasteiger partial charge in [0.1, 0.15) is 11.5 Å². The molecule has 1 atom stereocenters. The van der Waals surface area contributed by atoms with Crippen molar-refractivity contribution in [1.29, 1.82) is 0 Å². The van der Waals surface area contributed by atoms with Crippen LogP contribution in [0, 0.1) is 6.92 Å². The van der Waals surface area contributed by atoms with Crippen LogP contribution >= 0.6 is 0 Å². The minimum Gasteiger partial charge on any atom is -0.441 e. The Morgan fingerprint density at radius 2 is 1.59 bits per heavy atom. The molecule has 0 aliphatic rings. The summed E-state index contributed by atoms with van der Waals surface area (Å²) in [5.41, 5.74) is 3.14. The number of oxazole rings is 1. The summed E-state index contributed by atoms with van der Waals surface area (Å²) in [6.07, 6.45) is -0.721. The summed E-state index contributed by atoms with van der Waals surface area (Å²) in [6, 6.07) is 25.5. The zero-order valence-corrected chi connectivity index (χ0v) is 18.9. The highest BCUT2D eigenvalue weighted by molar-refractivity contribution is 6.05. The van der Waals surface area contributed by atoms with E-state index in [1.165, 1.54) is 7.11 Å². The third-order valence-corrected chi connectivity index (χ3v) is 5.34. The van der Waals surface area contributed by atoms with Crippen LogP contribution in [0.4, 0.5) is 5.69 Å². The SMILES string of the molecule is CO[C@H](C(=O)NCc1nc(-c2ccccc2NC(=O)c2ccccc2)oc1C)c1ccccc1. The minimum atomic E-state index is -0.721. The highest BCUT2D eigenvalue weighted by Gasteiger charge is 2.21. The number of carbonyl (C=O) groups excluding carboxylic acids is 2. The van der Waals surface area contributed by atoms with Gasteiger partial charge in [-0.1, -0.05) is 60.7 Å². The van der Waals surface area contributed by atoms with E-state index in [1.807, 2.05) is 66.7 Å². The van der Waals surface area contributed by atoms with Crippen LogP contribution in [0.5, 0.6) is 0 Å². The summed E-state index contributed by atoms with van der Waals surface area (Å²) < 4.78 is 11.3. The van der Waals surface area contributed by atoms with Crippen molar-refractivity contribution in [3.05, 3.63) is 108 Å². The number of aryl methyl sites for hydroxylation is 1. The van der Waals surface area contributed by atoms with E-state index in [-0.39, 0.29) is 18.4 Å². The van der Waals surface area contributed by atoms with Gasteiger partial charge in [-0.05, 0) is 36.8 Å². The van der Waals surface area contributed by atoms with Crippen LogP contribution < -0.4 is 10.6 Å². The Morgan fingerprint density at radius 1 is 0.941 bits per heavy atom. The van der Waals surface area contributed by atoms with Crippen molar-refractivity contribution in [2.45, 2.75) is 19.6 Å². The van der Waals surface area contributed by atoms with Crippen LogP contribution in [0.1, 0.15) is 33.5 Å². The largest absolute Gasteiger partial charge is 0.441 e. The first-order chi connectivity index (χ1) is 16.6. The molecule has 7 nitrogen and oxygen atoms in total. The molecule has 1 heterocycles. The Kier molecular flexibility index (Phi) is 7.15. The van der Waals surface area contributed by atoms with Gasteiger partial charge in [0.05, 0.1) is 17.8 Å². The molecule has 0 aliphatic carbocycles. The Morgan fingerprint density at radius 3 is 2.29 bits per heavy atom. The maximum atomic E-state index is 12.7. The lowest BCUT2D eigenvalue weighted by molar-refractivity contribution is -0.131. The lowest BCUT2D eigenvalue weighted by Crippen LogP contribution is -2.30. The van der Waals surface area contributed by atoms with Gasteiger partial charge in [-0.2, -0.15) is 0 Å². The van der Waals surface area contributed by atoms with Crippen molar-refractivity contribution < 1.29 is 18.7 Å². The Labute approximate surface area is 197 Å². The van der Waals surface area contributed by atoms with Gasteiger partial charge in [0.15, 0.2) is 6.10 Å². The van der Waals surface area contributed by atoms with Crippen molar-refractivity contribution in [2.24, 2.45) is 0 Å². The van der Waals surface area contributed by atoms with Gasteiger partial charge in [0.25, 0.3) is 11.8 Å². The van der Waals surface area contributed by atoms with Crippen molar-refractivity contribution in [2.75, 3.05) is 12.4 Å². The molecule has 172 valence electrons. The number of rotatable bonds is 8. The Hall–Kier alpha value is -4.23. The molecule has 0 unspecified atom stereocenters. The lowest BCUT2D eigenvalue weighted by atomic mass is 10.1. The smallest absolute Gasteiger partial charge is 0.255 e. The molecular weight excluding hydrogens is 430 g/mol. The number of hydrogen-bond donors (Lipinski definition) is 2. The normalized spacial score (nSPS) is 11.6. The fraction of sp³-hybridized carbons (Fsp3) is 0.148. The topological polar surface area (TPSA) is 93.5 Å². The number of amides is 2. The average molecular weight is 456 g/mol. The monoisotopic (exact) mass is 455 g/mol. The molecule has 0 radical (unpaired) electrons. The average Bonchev–Trinajstić information content (AvgIpc) is 3.25. The van der Waals surface area contributed by atoms with E-state index in [4.69, 9.17) is 9.15 Å². The van der Waals surface area contributed by atoms with Gasteiger partial charge >= 0.3 is 0 Å². The second-order valence-electron chi connectivity index (χ2n) is 7.63. The van der Waals surface area contributed by atoms with Crippen molar-refractivity contribution in [3.63, 3.8) is 0 Å². The van der Waals surface area contributed by atoms with E-state index < -0.39 is 6.10 Å². The number of aromatic nitrogens is 1. The number of para-hydroxylation sites is 1. The fourth-order valence-corrected chi connectivity index (χ4v) is 3.56. The van der Waals surface area contributed by atoms with E-state index >= 15 is 0 Å². The standard InChI is InChI=1S/C27H25N3O4/c1-18-23(17-28-26(32)24(33-2)19-11-5-3-6-12-19)30-27(34-18)21-15-9-10-16-22(21)29-25(31)20-13-7-4-8-14-20/h3-16,24H,17H2,1-2H3,(H,28,32)(H,29,31)/t24-/m0/s1. The Bertz CT molecular complexity index is 1270. The molecule has 3 aromatic carbocycles. The molecule has 0 spiro atoms. The van der Waals surface area contributed by atoms with Gasteiger partial charge in [-0.3, -0.25) is 9.59 Å². The first-order valence-corrected chi connectivity index (χ1v) is 10.8. The molecule has 2 amide bonds. The molecule has 0 saturated heterocycles. The van der Waals surface area contributed by atoms with E-state index in [9.17, 15) is 9.59 Å². The number of benzene rings is 3. The van der Waals surface area contributed by atoms with Gasteiger partial charge in [0.2, 0.25) is 5.89 Å². The molecule has 0 fully saturated rings. The molecule has 0 saturated carbocycles. The fourth-order valence-electron chi connectivity index (χ4n) is 3.56. The van der Waals surface area contributed by atoms with Gasteiger partial charge in [-0.15, -0.1) is 0 Å². The van der Waals surface area contributed by atoms with Crippen molar-refractivity contribution in [3.8, 4) is 11.5 Å². The molecule has 0 bridgehead atoms. The van der Waals surface area contributed by atoms with Crippen LogP contribution in [0.25, 0.3) is 11.5 Å². The zero-order valence-electron chi connectivity index (χ0n) is 18.9. The lowest BCUT2D eigenvalue weighted by Gasteiger charge is -2.15. The third-order valence-electron chi connectivity index (χ3n) is 5.34. The molecule has 2 N–H and O–H groups in total. The van der Waals surface area contributed by atoms with E-state index in [2.05, 4.69) is 15.6 Å². The molecule has 34 heavy (non-hydrogen) atoms. The summed E-state index contributed by atoms with van der Waals surface area (Å²) in [5, 5.41) is 5.79. The number of anilines is 1. The van der Waals surface area contributed by atoms with Gasteiger partial charge < -0.3 is 19.8 Å². The van der Waals surface area contributed by atoms with Crippen LogP contribution in [-0.4, -0.2) is 23.9 Å². The third kappa shape index (κ3) is 5.22. The molecule has 4 rings (SSSR count). The quantitative estimate of drug-likeness (QED) is 0.394. The number of hydrogen-bond acceptors (Lipinski definition) is 5. The highest BCUT2D eigenvalue weighted by Crippen LogP contribution is 2.29. The second-order valence-corrected chi connectivity index (χ2v) is 7.63. The second kappa shape index (κ2) is 10.6. The maximum absolute atomic E-state index is 12.7. The van der Waals surface area contributed by atoms with Crippen LogP contribution in [0.3, 0.4) is 0 Å². The minimum absolute atomic E-state index is 0.180. The summed E-state index contributed by atoms with van der Waals surface area (Å²) in [7, 11) is 1.50. The maximum Gasteiger partial charge on any atom is 0.255 e. The molecular formula is C27H25N3O4. The summed E-state index contributed by atoms with van der Waals surface area (Å²) in [6.45, 7) is 1.97.